The van der Waals surface area contributed by atoms with E-state index in [1.54, 1.807) is 42.5 Å². The number of hydrogen-bond acceptors (Lipinski definition) is 3. The highest BCUT2D eigenvalue weighted by atomic mass is 35.5. The van der Waals surface area contributed by atoms with Crippen molar-refractivity contribution < 1.29 is 28.2 Å². The third-order valence-electron chi connectivity index (χ3n) is 5.94. The van der Waals surface area contributed by atoms with Gasteiger partial charge < -0.3 is 14.7 Å². The summed E-state index contributed by atoms with van der Waals surface area (Å²) in [6.07, 6.45) is 0.792. The molecule has 182 valence electrons. The number of carbonyl (C=O) groups excluding carboxylic acids is 1. The first kappa shape index (κ1) is 24.7. The lowest BCUT2D eigenvalue weighted by molar-refractivity contribution is -0.137. The Labute approximate surface area is 206 Å². The summed E-state index contributed by atoms with van der Waals surface area (Å²) >= 11 is 5.92. The van der Waals surface area contributed by atoms with Crippen molar-refractivity contribution in [3.63, 3.8) is 0 Å². The minimum absolute atomic E-state index is 0.0126. The Balaban J connectivity index is 1.53. The third-order valence-corrected chi connectivity index (χ3v) is 6.23. The standard InChI is InChI=1S/C27H24ClF2NO4/c1-27(14-17-5-7-23(30)22(28)12-17)15-20-13-19(6-8-24(20)35-27)26(34)31(10-9-25(32)33)16-18-3-2-4-21(29)11-18/h2-8,11-13H,9-10,14-16H2,1H3,(H,32,33)/t27-/m0/s1. The van der Waals surface area contributed by atoms with Crippen molar-refractivity contribution in [2.45, 2.75) is 38.3 Å². The molecule has 0 bridgehead atoms. The molecule has 3 aromatic carbocycles. The molecule has 0 radical (unpaired) electrons. The molecule has 1 heterocycles. The summed E-state index contributed by atoms with van der Waals surface area (Å²) in [6, 6.07) is 15.6. The lowest BCUT2D eigenvalue weighted by Crippen LogP contribution is -2.33. The minimum Gasteiger partial charge on any atom is -0.487 e. The molecular weight excluding hydrogens is 476 g/mol. The maximum absolute atomic E-state index is 13.6. The van der Waals surface area contributed by atoms with Crippen LogP contribution in [0.15, 0.2) is 60.7 Å². The lowest BCUT2D eigenvalue weighted by Gasteiger charge is -2.24. The van der Waals surface area contributed by atoms with E-state index in [0.717, 1.165) is 11.1 Å². The summed E-state index contributed by atoms with van der Waals surface area (Å²) in [4.78, 5) is 25.9. The van der Waals surface area contributed by atoms with Crippen LogP contribution in [0.1, 0.15) is 40.4 Å². The molecule has 0 spiro atoms. The fraction of sp³-hybridized carbons (Fsp3) is 0.259. The quantitative estimate of drug-likeness (QED) is 0.433. The van der Waals surface area contributed by atoms with E-state index in [2.05, 4.69) is 0 Å². The van der Waals surface area contributed by atoms with Crippen LogP contribution in [0.3, 0.4) is 0 Å². The molecule has 35 heavy (non-hydrogen) atoms. The predicted molar refractivity (Wildman–Crippen MR) is 128 cm³/mol. The topological polar surface area (TPSA) is 66.8 Å². The summed E-state index contributed by atoms with van der Waals surface area (Å²) in [5.74, 6) is -1.63. The number of amides is 1. The third kappa shape index (κ3) is 5.98. The number of carboxylic acids is 1. The van der Waals surface area contributed by atoms with Crippen LogP contribution in [-0.4, -0.2) is 34.0 Å². The van der Waals surface area contributed by atoms with Gasteiger partial charge >= 0.3 is 5.97 Å². The summed E-state index contributed by atoms with van der Waals surface area (Å²) < 4.78 is 33.3. The van der Waals surface area contributed by atoms with Crippen molar-refractivity contribution in [1.29, 1.82) is 0 Å². The average Bonchev–Trinajstić information content (AvgIpc) is 3.13. The van der Waals surface area contributed by atoms with Crippen LogP contribution in [0.4, 0.5) is 8.78 Å². The first-order valence-electron chi connectivity index (χ1n) is 11.1. The van der Waals surface area contributed by atoms with Gasteiger partial charge in [0.05, 0.1) is 11.4 Å². The second kappa shape index (κ2) is 10.0. The highest BCUT2D eigenvalue weighted by Gasteiger charge is 2.35. The van der Waals surface area contributed by atoms with E-state index in [9.17, 15) is 18.4 Å². The second-order valence-electron chi connectivity index (χ2n) is 8.98. The SMILES string of the molecule is C[C@]1(Cc2ccc(F)c(Cl)c2)Cc2cc(C(=O)N(CCC(=O)O)Cc3cccc(F)c3)ccc2O1. The van der Waals surface area contributed by atoms with Gasteiger partial charge in [0.2, 0.25) is 0 Å². The molecule has 0 aliphatic carbocycles. The molecule has 1 amide bonds. The van der Waals surface area contributed by atoms with E-state index >= 15 is 0 Å². The fourth-order valence-electron chi connectivity index (χ4n) is 4.36. The number of halogens is 3. The highest BCUT2D eigenvalue weighted by molar-refractivity contribution is 6.30. The van der Waals surface area contributed by atoms with Crippen LogP contribution < -0.4 is 4.74 Å². The Hall–Kier alpha value is -3.45. The monoisotopic (exact) mass is 499 g/mol. The first-order valence-corrected chi connectivity index (χ1v) is 11.5. The average molecular weight is 500 g/mol. The number of hydrogen-bond donors (Lipinski definition) is 1. The molecule has 4 rings (SSSR count). The van der Waals surface area contributed by atoms with Crippen molar-refractivity contribution in [2.75, 3.05) is 6.54 Å². The zero-order valence-corrected chi connectivity index (χ0v) is 19.8. The molecule has 3 aromatic rings. The summed E-state index contributed by atoms with van der Waals surface area (Å²) in [5, 5.41) is 9.17. The highest BCUT2D eigenvalue weighted by Crippen LogP contribution is 2.38. The Bertz CT molecular complexity index is 1280. The van der Waals surface area contributed by atoms with Crippen LogP contribution >= 0.6 is 11.6 Å². The molecular formula is C27H24ClF2NO4. The van der Waals surface area contributed by atoms with E-state index in [4.69, 9.17) is 21.4 Å². The zero-order valence-electron chi connectivity index (χ0n) is 19.1. The van der Waals surface area contributed by atoms with E-state index in [-0.39, 0.29) is 30.4 Å². The van der Waals surface area contributed by atoms with Crippen LogP contribution in [0, 0.1) is 11.6 Å². The normalized spacial score (nSPS) is 16.5. The first-order chi connectivity index (χ1) is 16.6. The Kier molecular flexibility index (Phi) is 7.08. The summed E-state index contributed by atoms with van der Waals surface area (Å²) in [6.45, 7) is 2.01. The van der Waals surface area contributed by atoms with Crippen LogP contribution in [0.2, 0.25) is 5.02 Å². The molecule has 1 aliphatic heterocycles. The van der Waals surface area contributed by atoms with Gasteiger partial charge in [0.1, 0.15) is 23.0 Å². The van der Waals surface area contributed by atoms with Crippen molar-refractivity contribution in [3.8, 4) is 5.75 Å². The van der Waals surface area contributed by atoms with Crippen molar-refractivity contribution in [1.82, 2.24) is 4.90 Å². The number of nitrogens with zero attached hydrogens (tertiary/aromatic N) is 1. The van der Waals surface area contributed by atoms with Gasteiger partial charge in [-0.15, -0.1) is 0 Å². The maximum Gasteiger partial charge on any atom is 0.305 e. The van der Waals surface area contributed by atoms with Gasteiger partial charge in [-0.3, -0.25) is 9.59 Å². The molecule has 0 saturated heterocycles. The van der Waals surface area contributed by atoms with Gasteiger partial charge in [-0.05, 0) is 66.1 Å². The number of carboxylic acid groups (broad SMARTS) is 1. The number of rotatable bonds is 8. The summed E-state index contributed by atoms with van der Waals surface area (Å²) in [7, 11) is 0. The van der Waals surface area contributed by atoms with Crippen LogP contribution in [0.25, 0.3) is 0 Å². The molecule has 1 N–H and O–H groups in total. The van der Waals surface area contributed by atoms with E-state index in [1.807, 2.05) is 6.92 Å². The van der Waals surface area contributed by atoms with Gasteiger partial charge in [-0.2, -0.15) is 0 Å². The Morgan fingerprint density at radius 2 is 1.89 bits per heavy atom. The van der Waals surface area contributed by atoms with Crippen molar-refractivity contribution in [2.24, 2.45) is 0 Å². The van der Waals surface area contributed by atoms with Gasteiger partial charge in [0.25, 0.3) is 5.91 Å². The summed E-state index contributed by atoms with van der Waals surface area (Å²) in [5.41, 5.74) is 2.03. The van der Waals surface area contributed by atoms with Crippen molar-refractivity contribution >= 4 is 23.5 Å². The Morgan fingerprint density at radius 1 is 1.09 bits per heavy atom. The predicted octanol–water partition coefficient (Wildman–Crippen LogP) is 5.67. The molecule has 1 atom stereocenters. The minimum atomic E-state index is -1.03. The number of benzene rings is 3. The van der Waals surface area contributed by atoms with Gasteiger partial charge in [0, 0.05) is 31.5 Å². The lowest BCUT2D eigenvalue weighted by atomic mass is 9.91. The zero-order chi connectivity index (χ0) is 25.2. The van der Waals surface area contributed by atoms with Crippen molar-refractivity contribution in [3.05, 3.63) is 99.6 Å². The molecule has 0 unspecified atom stereocenters. The van der Waals surface area contributed by atoms with Gasteiger partial charge in [-0.25, -0.2) is 8.78 Å². The number of ether oxygens (including phenoxy) is 1. The number of aliphatic carboxylic acids is 1. The smallest absolute Gasteiger partial charge is 0.305 e. The molecule has 0 aromatic heterocycles. The van der Waals surface area contributed by atoms with Gasteiger partial charge in [-0.1, -0.05) is 29.8 Å². The number of fused-ring (bicyclic) bond motifs is 1. The Morgan fingerprint density at radius 3 is 2.60 bits per heavy atom. The molecule has 0 saturated carbocycles. The molecule has 1 aliphatic rings. The van der Waals surface area contributed by atoms with Crippen LogP contribution in [-0.2, 0) is 24.2 Å². The second-order valence-corrected chi connectivity index (χ2v) is 9.38. The van der Waals surface area contributed by atoms with Gasteiger partial charge in [0.15, 0.2) is 0 Å². The number of carbonyl (C=O) groups is 2. The van der Waals surface area contributed by atoms with Crippen LogP contribution in [0.5, 0.6) is 5.75 Å². The largest absolute Gasteiger partial charge is 0.487 e. The van der Waals surface area contributed by atoms with E-state index in [1.165, 1.54) is 23.1 Å². The molecule has 5 nitrogen and oxygen atoms in total. The fourth-order valence-corrected chi connectivity index (χ4v) is 4.56. The molecule has 0 fully saturated rings. The maximum atomic E-state index is 13.6. The van der Waals surface area contributed by atoms with E-state index < -0.39 is 23.2 Å². The molecule has 8 heteroatoms. The van der Waals surface area contributed by atoms with E-state index in [0.29, 0.717) is 29.7 Å².